The lowest BCUT2D eigenvalue weighted by atomic mass is 10.2. The third-order valence-electron chi connectivity index (χ3n) is 4.41. The Bertz CT molecular complexity index is 830. The molecule has 9 heteroatoms. The molecule has 0 spiro atoms. The third-order valence-corrected chi connectivity index (χ3v) is 6.40. The second-order valence-electron chi connectivity index (χ2n) is 6.01. The van der Waals surface area contributed by atoms with E-state index in [-0.39, 0.29) is 28.8 Å². The van der Waals surface area contributed by atoms with Crippen LogP contribution in [0.1, 0.15) is 21.8 Å². The number of carbonyl (C=O) groups excluding carboxylic acids is 3. The van der Waals surface area contributed by atoms with Gasteiger partial charge in [-0.15, -0.1) is 0 Å². The summed E-state index contributed by atoms with van der Waals surface area (Å²) in [5.41, 5.74) is 0.700. The maximum atomic E-state index is 12.9. The molecule has 0 aromatic carbocycles. The van der Waals surface area contributed by atoms with Crippen LogP contribution in [0, 0.1) is 6.92 Å². The first-order valence-corrected chi connectivity index (χ1v) is 9.73. The van der Waals surface area contributed by atoms with Gasteiger partial charge in [-0.1, -0.05) is 23.1 Å². The van der Waals surface area contributed by atoms with Gasteiger partial charge in [0.15, 0.2) is 5.13 Å². The lowest BCUT2D eigenvalue weighted by Crippen LogP contribution is -2.41. The monoisotopic (exact) mass is 376 g/mol. The van der Waals surface area contributed by atoms with Crippen LogP contribution in [0.15, 0.2) is 24.5 Å². The Morgan fingerprint density at radius 3 is 2.72 bits per heavy atom. The molecule has 2 aromatic rings. The van der Waals surface area contributed by atoms with Crippen LogP contribution in [0.5, 0.6) is 0 Å². The van der Waals surface area contributed by atoms with Gasteiger partial charge in [0.1, 0.15) is 4.88 Å². The van der Waals surface area contributed by atoms with Crippen LogP contribution in [0.2, 0.25) is 0 Å². The Morgan fingerprint density at radius 2 is 2.04 bits per heavy atom. The Balaban J connectivity index is 1.51. The van der Waals surface area contributed by atoms with E-state index in [1.54, 1.807) is 4.90 Å². The molecule has 2 saturated heterocycles. The molecule has 7 nitrogen and oxygen atoms in total. The van der Waals surface area contributed by atoms with Gasteiger partial charge in [0, 0.05) is 25.5 Å². The molecule has 0 radical (unpaired) electrons. The molecule has 0 bridgehead atoms. The summed E-state index contributed by atoms with van der Waals surface area (Å²) in [7, 11) is 0. The summed E-state index contributed by atoms with van der Waals surface area (Å²) in [6.45, 7) is 2.77. The van der Waals surface area contributed by atoms with Crippen molar-refractivity contribution in [2.75, 3.05) is 18.8 Å². The predicted molar refractivity (Wildman–Crippen MR) is 95.2 cm³/mol. The van der Waals surface area contributed by atoms with Crippen molar-refractivity contribution in [2.24, 2.45) is 0 Å². The zero-order valence-corrected chi connectivity index (χ0v) is 15.2. The maximum absolute atomic E-state index is 12.9. The van der Waals surface area contributed by atoms with Crippen molar-refractivity contribution in [1.29, 1.82) is 0 Å². The number of thioether (sulfide) groups is 1. The van der Waals surface area contributed by atoms with Gasteiger partial charge >= 0.3 is 0 Å². The molecule has 2 aromatic heterocycles. The fourth-order valence-electron chi connectivity index (χ4n) is 3.15. The quantitative estimate of drug-likeness (QED) is 0.820. The molecule has 0 aliphatic carbocycles. The number of hydrogen-bond donors (Lipinski definition) is 0. The van der Waals surface area contributed by atoms with Crippen LogP contribution >= 0.6 is 23.1 Å². The highest BCUT2D eigenvalue weighted by Crippen LogP contribution is 2.29. The van der Waals surface area contributed by atoms with Gasteiger partial charge < -0.3 is 9.47 Å². The van der Waals surface area contributed by atoms with Crippen molar-refractivity contribution in [1.82, 2.24) is 19.4 Å². The van der Waals surface area contributed by atoms with Crippen LogP contribution in [-0.4, -0.2) is 61.3 Å². The van der Waals surface area contributed by atoms with E-state index < -0.39 is 0 Å². The highest BCUT2D eigenvalue weighted by Gasteiger charge is 2.40. The minimum Gasteiger partial charge on any atom is -0.336 e. The van der Waals surface area contributed by atoms with Crippen molar-refractivity contribution < 1.29 is 14.4 Å². The fourth-order valence-corrected chi connectivity index (χ4v) is 4.93. The largest absolute Gasteiger partial charge is 0.336 e. The summed E-state index contributed by atoms with van der Waals surface area (Å²) in [6.07, 6.45) is 4.41. The number of aromatic nitrogens is 2. The van der Waals surface area contributed by atoms with E-state index in [2.05, 4.69) is 4.98 Å². The summed E-state index contributed by atoms with van der Waals surface area (Å²) in [4.78, 5) is 44.7. The van der Waals surface area contributed by atoms with Gasteiger partial charge in [0.2, 0.25) is 5.91 Å². The predicted octanol–water partition coefficient (Wildman–Crippen LogP) is 2.15. The second-order valence-corrected chi connectivity index (χ2v) is 7.92. The molecule has 2 aliphatic heterocycles. The van der Waals surface area contributed by atoms with Crippen LogP contribution in [0.25, 0.3) is 5.13 Å². The van der Waals surface area contributed by atoms with Crippen molar-refractivity contribution in [3.05, 3.63) is 35.1 Å². The van der Waals surface area contributed by atoms with E-state index in [9.17, 15) is 14.4 Å². The lowest BCUT2D eigenvalue weighted by Gasteiger charge is -2.21. The molecule has 0 saturated carbocycles. The van der Waals surface area contributed by atoms with Crippen LogP contribution in [-0.2, 0) is 4.79 Å². The zero-order valence-electron chi connectivity index (χ0n) is 13.5. The second kappa shape index (κ2) is 6.30. The molecule has 2 fully saturated rings. The summed E-state index contributed by atoms with van der Waals surface area (Å²) in [6, 6.07) is 3.60. The molecule has 1 atom stereocenters. The normalized spacial score (nSPS) is 20.8. The molecule has 4 heterocycles. The molecule has 2 aliphatic rings. The lowest BCUT2D eigenvalue weighted by molar-refractivity contribution is -0.126. The molecule has 3 amide bonds. The molecule has 1 unspecified atom stereocenters. The number of carbonyl (C=O) groups is 3. The number of likely N-dealkylation sites (tertiary alicyclic amines) is 1. The summed E-state index contributed by atoms with van der Waals surface area (Å²) < 4.78 is 1.88. The topological polar surface area (TPSA) is 75.5 Å². The average molecular weight is 376 g/mol. The fraction of sp³-hybridized carbons (Fsp3) is 0.375. The first-order valence-electron chi connectivity index (χ1n) is 7.93. The summed E-state index contributed by atoms with van der Waals surface area (Å²) in [5, 5.41) is 0.552. The van der Waals surface area contributed by atoms with Crippen LogP contribution in [0.3, 0.4) is 0 Å². The smallest absolute Gasteiger partial charge is 0.289 e. The van der Waals surface area contributed by atoms with Gasteiger partial charge in [0.25, 0.3) is 11.1 Å². The molecule has 25 heavy (non-hydrogen) atoms. The van der Waals surface area contributed by atoms with E-state index in [0.717, 1.165) is 16.9 Å². The maximum Gasteiger partial charge on any atom is 0.289 e. The number of aryl methyl sites for hydroxylation is 1. The van der Waals surface area contributed by atoms with E-state index >= 15 is 0 Å². The van der Waals surface area contributed by atoms with Gasteiger partial charge in [0.05, 0.1) is 17.5 Å². The SMILES string of the molecule is Cc1nc(-n2cccc2)sc1C(=O)N1CCC(N2C(=O)CSC2=O)C1. The number of rotatable bonds is 3. The third kappa shape index (κ3) is 2.87. The summed E-state index contributed by atoms with van der Waals surface area (Å²) in [5.74, 6) is -0.0295. The van der Waals surface area contributed by atoms with Gasteiger partial charge in [-0.3, -0.25) is 19.3 Å². The molecule has 4 rings (SSSR count). The van der Waals surface area contributed by atoms with Gasteiger partial charge in [-0.05, 0) is 25.5 Å². The first-order chi connectivity index (χ1) is 12.0. The van der Waals surface area contributed by atoms with Crippen LogP contribution in [0.4, 0.5) is 4.79 Å². The van der Waals surface area contributed by atoms with Crippen LogP contribution < -0.4 is 0 Å². The zero-order chi connectivity index (χ0) is 17.6. The average Bonchev–Trinajstić information content (AvgIpc) is 3.34. The summed E-state index contributed by atoms with van der Waals surface area (Å²) >= 11 is 2.39. The van der Waals surface area contributed by atoms with Crippen molar-refractivity contribution in [3.63, 3.8) is 0 Å². The number of nitrogens with zero attached hydrogens (tertiary/aromatic N) is 4. The number of hydrogen-bond acceptors (Lipinski definition) is 6. The van der Waals surface area contributed by atoms with Gasteiger partial charge in [-0.25, -0.2) is 4.98 Å². The van der Waals surface area contributed by atoms with Crippen molar-refractivity contribution in [3.8, 4) is 5.13 Å². The Morgan fingerprint density at radius 1 is 1.28 bits per heavy atom. The minimum atomic E-state index is -0.212. The number of amides is 3. The number of imide groups is 1. The van der Waals surface area contributed by atoms with E-state index in [0.29, 0.717) is 30.1 Å². The number of thiazole rings is 1. The molecule has 130 valence electrons. The Kier molecular flexibility index (Phi) is 4.12. The standard InChI is InChI=1S/C16H16N4O3S2/c1-10-13(25-15(17-10)18-5-2-3-6-18)14(22)19-7-4-11(8-19)20-12(21)9-24-16(20)23/h2-3,5-6,11H,4,7-9H2,1H3. The van der Waals surface area contributed by atoms with Gasteiger partial charge in [-0.2, -0.15) is 0 Å². The molecule has 0 N–H and O–H groups in total. The first kappa shape index (κ1) is 16.3. The molecular weight excluding hydrogens is 360 g/mol. The van der Waals surface area contributed by atoms with E-state index in [1.807, 2.05) is 36.0 Å². The Labute approximate surface area is 152 Å². The van der Waals surface area contributed by atoms with E-state index in [1.165, 1.54) is 16.2 Å². The minimum absolute atomic E-state index is 0.0809. The Hall–Kier alpha value is -2.13. The van der Waals surface area contributed by atoms with E-state index in [4.69, 9.17) is 0 Å². The highest BCUT2D eigenvalue weighted by molar-refractivity contribution is 8.14. The highest BCUT2D eigenvalue weighted by atomic mass is 32.2. The molecular formula is C16H16N4O3S2. The van der Waals surface area contributed by atoms with Crippen molar-refractivity contribution >= 4 is 40.2 Å². The van der Waals surface area contributed by atoms with Crippen molar-refractivity contribution in [2.45, 2.75) is 19.4 Å².